The fraction of sp³-hybridized carbons (Fsp3) is 0.176. The second-order valence-corrected chi connectivity index (χ2v) is 5.07. The molecule has 18 heavy (non-hydrogen) atoms. The van der Waals surface area contributed by atoms with Crippen LogP contribution in [0.4, 0.5) is 0 Å². The predicted octanol–water partition coefficient (Wildman–Crippen LogP) is 4.54. The van der Waals surface area contributed by atoms with Crippen molar-refractivity contribution in [3.05, 3.63) is 59.3 Å². The molecule has 2 aliphatic rings. The van der Waals surface area contributed by atoms with Gasteiger partial charge in [-0.15, -0.1) is 0 Å². The minimum Gasteiger partial charge on any atom is -0.355 e. The summed E-state index contributed by atoms with van der Waals surface area (Å²) >= 11 is 0. The Labute approximate surface area is 107 Å². The summed E-state index contributed by atoms with van der Waals surface area (Å²) in [5.41, 5.74) is 5.37. The predicted molar refractivity (Wildman–Crippen MR) is 77.2 cm³/mol. The molecule has 0 fully saturated rings. The van der Waals surface area contributed by atoms with E-state index in [1.165, 1.54) is 40.6 Å². The van der Waals surface area contributed by atoms with E-state index in [1.54, 1.807) is 0 Å². The van der Waals surface area contributed by atoms with Gasteiger partial charge in [-0.2, -0.15) is 0 Å². The summed E-state index contributed by atoms with van der Waals surface area (Å²) in [5, 5.41) is 1.33. The highest BCUT2D eigenvalue weighted by molar-refractivity contribution is 5.94. The van der Waals surface area contributed by atoms with E-state index < -0.39 is 0 Å². The number of aromatic amines is 1. The minimum atomic E-state index is 0.498. The van der Waals surface area contributed by atoms with Gasteiger partial charge in [0.25, 0.3) is 0 Å². The highest BCUT2D eigenvalue weighted by Crippen LogP contribution is 2.34. The van der Waals surface area contributed by atoms with Crippen LogP contribution in [0, 0.1) is 5.92 Å². The molecule has 1 unspecified atom stereocenters. The second-order valence-electron chi connectivity index (χ2n) is 5.07. The summed E-state index contributed by atoms with van der Waals surface area (Å²) in [4.78, 5) is 3.51. The van der Waals surface area contributed by atoms with Crippen LogP contribution < -0.4 is 0 Å². The minimum absolute atomic E-state index is 0.498. The zero-order chi connectivity index (χ0) is 11.9. The molecule has 0 radical (unpaired) electrons. The van der Waals surface area contributed by atoms with E-state index in [1.807, 2.05) is 0 Å². The van der Waals surface area contributed by atoms with E-state index in [9.17, 15) is 0 Å². The van der Waals surface area contributed by atoms with Gasteiger partial charge < -0.3 is 4.98 Å². The number of fused-ring (bicyclic) bond motifs is 4. The molecule has 0 bridgehead atoms. The molecule has 0 saturated carbocycles. The SMILES string of the molecule is C1=CC2C=Cc3[nH]c4ccccc4c3C=C2CC1. The molecule has 1 heteroatoms. The average Bonchev–Trinajstić information content (AvgIpc) is 2.65. The van der Waals surface area contributed by atoms with E-state index in [4.69, 9.17) is 0 Å². The molecule has 1 atom stereocenters. The second kappa shape index (κ2) is 3.74. The van der Waals surface area contributed by atoms with E-state index >= 15 is 0 Å². The molecule has 0 spiro atoms. The number of aromatic nitrogens is 1. The lowest BCUT2D eigenvalue weighted by atomic mass is 9.89. The summed E-state index contributed by atoms with van der Waals surface area (Å²) in [5.74, 6) is 0.498. The van der Waals surface area contributed by atoms with Gasteiger partial charge in [0.15, 0.2) is 0 Å². The third kappa shape index (κ3) is 1.40. The lowest BCUT2D eigenvalue weighted by Gasteiger charge is -2.16. The maximum atomic E-state index is 3.51. The Kier molecular flexibility index (Phi) is 2.07. The summed E-state index contributed by atoms with van der Waals surface area (Å²) in [6.07, 6.45) is 13.9. The monoisotopic (exact) mass is 233 g/mol. The average molecular weight is 233 g/mol. The van der Waals surface area contributed by atoms with Crippen molar-refractivity contribution >= 4 is 23.1 Å². The summed E-state index contributed by atoms with van der Waals surface area (Å²) < 4.78 is 0. The van der Waals surface area contributed by atoms with Crippen molar-refractivity contribution in [2.24, 2.45) is 5.92 Å². The normalized spacial score (nSPS) is 21.3. The number of H-pyrrole nitrogens is 1. The molecule has 2 aliphatic carbocycles. The van der Waals surface area contributed by atoms with E-state index in [0.717, 1.165) is 0 Å². The first kappa shape index (κ1) is 9.95. The van der Waals surface area contributed by atoms with Crippen LogP contribution in [0.3, 0.4) is 0 Å². The smallest absolute Gasteiger partial charge is 0.0464 e. The Morgan fingerprint density at radius 1 is 1.11 bits per heavy atom. The summed E-state index contributed by atoms with van der Waals surface area (Å²) in [7, 11) is 0. The topological polar surface area (TPSA) is 15.8 Å². The number of benzene rings is 1. The third-order valence-electron chi connectivity index (χ3n) is 3.95. The molecule has 1 aromatic carbocycles. The molecule has 0 aliphatic heterocycles. The van der Waals surface area contributed by atoms with Gasteiger partial charge in [0, 0.05) is 28.1 Å². The van der Waals surface area contributed by atoms with Crippen molar-refractivity contribution in [2.45, 2.75) is 12.8 Å². The summed E-state index contributed by atoms with van der Waals surface area (Å²) in [6, 6.07) is 8.55. The maximum absolute atomic E-state index is 3.51. The first-order valence-electron chi connectivity index (χ1n) is 6.58. The molecule has 88 valence electrons. The van der Waals surface area contributed by atoms with Crippen molar-refractivity contribution < 1.29 is 0 Å². The van der Waals surface area contributed by atoms with Gasteiger partial charge in [0.05, 0.1) is 0 Å². The van der Waals surface area contributed by atoms with E-state index in [2.05, 4.69) is 59.6 Å². The van der Waals surface area contributed by atoms with Gasteiger partial charge >= 0.3 is 0 Å². The van der Waals surface area contributed by atoms with Crippen molar-refractivity contribution in [3.8, 4) is 0 Å². The van der Waals surface area contributed by atoms with Gasteiger partial charge in [-0.1, -0.05) is 48.1 Å². The molecule has 4 rings (SSSR count). The van der Waals surface area contributed by atoms with Crippen molar-refractivity contribution in [1.29, 1.82) is 0 Å². The first-order chi connectivity index (χ1) is 8.92. The standard InChI is InChI=1S/C17H15N/c1-2-6-13-11-15-14-7-3-4-8-16(14)18-17(15)10-9-12(13)5-1/h1,3-5,7-12,18H,2,6H2. The van der Waals surface area contributed by atoms with Crippen molar-refractivity contribution in [1.82, 2.24) is 4.98 Å². The largest absolute Gasteiger partial charge is 0.355 e. The Bertz CT molecular complexity index is 697. The van der Waals surface area contributed by atoms with E-state index in [-0.39, 0.29) is 0 Å². The Hall–Kier alpha value is -2.02. The van der Waals surface area contributed by atoms with Gasteiger partial charge in [0.2, 0.25) is 0 Å². The highest BCUT2D eigenvalue weighted by atomic mass is 14.7. The Morgan fingerprint density at radius 3 is 3.06 bits per heavy atom. The number of nitrogens with one attached hydrogen (secondary N) is 1. The molecule has 0 amide bonds. The van der Waals surface area contributed by atoms with Crippen LogP contribution in [0.15, 0.2) is 48.1 Å². The molecule has 1 heterocycles. The molecule has 2 aromatic rings. The number of hydrogen-bond acceptors (Lipinski definition) is 0. The number of rotatable bonds is 0. The van der Waals surface area contributed by atoms with Gasteiger partial charge in [-0.05, 0) is 25.0 Å². The van der Waals surface area contributed by atoms with Crippen LogP contribution in [-0.2, 0) is 0 Å². The van der Waals surface area contributed by atoms with Crippen molar-refractivity contribution in [3.63, 3.8) is 0 Å². The van der Waals surface area contributed by atoms with E-state index in [0.29, 0.717) is 5.92 Å². The van der Waals surface area contributed by atoms with Crippen LogP contribution in [0.2, 0.25) is 0 Å². The molecule has 0 saturated heterocycles. The van der Waals surface area contributed by atoms with Gasteiger partial charge in [-0.25, -0.2) is 0 Å². The zero-order valence-corrected chi connectivity index (χ0v) is 10.2. The lowest BCUT2D eigenvalue weighted by Crippen LogP contribution is -2.00. The Morgan fingerprint density at radius 2 is 2.06 bits per heavy atom. The van der Waals surface area contributed by atoms with Crippen LogP contribution >= 0.6 is 0 Å². The first-order valence-corrected chi connectivity index (χ1v) is 6.58. The van der Waals surface area contributed by atoms with Gasteiger partial charge in [-0.3, -0.25) is 0 Å². The summed E-state index contributed by atoms with van der Waals surface area (Å²) in [6.45, 7) is 0. The quantitative estimate of drug-likeness (QED) is 0.643. The molecule has 1 nitrogen and oxygen atoms in total. The number of allylic oxidation sites excluding steroid dienone is 4. The van der Waals surface area contributed by atoms with Crippen molar-refractivity contribution in [2.75, 3.05) is 0 Å². The number of hydrogen-bond donors (Lipinski definition) is 1. The third-order valence-corrected chi connectivity index (χ3v) is 3.95. The molecule has 1 N–H and O–H groups in total. The van der Waals surface area contributed by atoms with Crippen LogP contribution in [0.1, 0.15) is 24.1 Å². The fourth-order valence-electron chi connectivity index (χ4n) is 3.00. The molecular weight excluding hydrogens is 218 g/mol. The maximum Gasteiger partial charge on any atom is 0.0464 e. The lowest BCUT2D eigenvalue weighted by molar-refractivity contribution is 0.813. The number of para-hydroxylation sites is 1. The molecule has 1 aromatic heterocycles. The molecular formula is C17H15N. The van der Waals surface area contributed by atoms with Gasteiger partial charge in [0.1, 0.15) is 0 Å². The van der Waals surface area contributed by atoms with Crippen LogP contribution in [-0.4, -0.2) is 4.98 Å². The van der Waals surface area contributed by atoms with Crippen LogP contribution in [0.25, 0.3) is 23.1 Å². The fourth-order valence-corrected chi connectivity index (χ4v) is 3.00. The zero-order valence-electron chi connectivity index (χ0n) is 10.2. The highest BCUT2D eigenvalue weighted by Gasteiger charge is 2.17. The Balaban J connectivity index is 1.99. The van der Waals surface area contributed by atoms with Crippen LogP contribution in [0.5, 0.6) is 0 Å².